The van der Waals surface area contributed by atoms with Gasteiger partial charge >= 0.3 is 0 Å². The standard InChI is InChI=1S/C43H39N7/c1-3-14-35-31(12-1)33-25-27(18-20-36(33)46-35)28-19-21-40-34(26-28)32-13-2-4-17-39(32)50(40)30-11-9-10-29(24-30)41-47-42(37-15-5-7-22-44-37)49-43(48-41)38-16-6-8-23-45-38/h1-3,5-16,18-22,24-26,37,41-49H,4,17,23H2. The first-order valence-electron chi connectivity index (χ1n) is 17.7. The smallest absolute Gasteiger partial charge is 0.101 e. The molecule has 4 aliphatic rings. The summed E-state index contributed by atoms with van der Waals surface area (Å²) in [6.45, 7) is 0.827. The van der Waals surface area contributed by atoms with Crippen molar-refractivity contribution in [2.45, 2.75) is 37.4 Å². The lowest BCUT2D eigenvalue weighted by Gasteiger charge is -2.43. The maximum absolute atomic E-state index is 3.86. The summed E-state index contributed by atoms with van der Waals surface area (Å²) in [4.78, 5) is 3.57. The predicted octanol–water partition coefficient (Wildman–Crippen LogP) is 7.41. The van der Waals surface area contributed by atoms with Gasteiger partial charge in [-0.15, -0.1) is 0 Å². The van der Waals surface area contributed by atoms with Gasteiger partial charge in [0.05, 0.1) is 23.9 Å². The normalized spacial score (nSPS) is 22.8. The van der Waals surface area contributed by atoms with E-state index in [2.05, 4.69) is 164 Å². The zero-order valence-electron chi connectivity index (χ0n) is 27.7. The van der Waals surface area contributed by atoms with Crippen LogP contribution in [0.4, 0.5) is 0 Å². The third-order valence-electron chi connectivity index (χ3n) is 10.6. The van der Waals surface area contributed by atoms with Crippen LogP contribution in [0.3, 0.4) is 0 Å². The van der Waals surface area contributed by atoms with Crippen LogP contribution in [0.25, 0.3) is 55.6 Å². The third kappa shape index (κ3) is 5.01. The number of hydrogen-bond acceptors (Lipinski definition) is 5. The second-order valence-corrected chi connectivity index (χ2v) is 13.6. The molecule has 1 fully saturated rings. The third-order valence-corrected chi connectivity index (χ3v) is 10.6. The van der Waals surface area contributed by atoms with Gasteiger partial charge in [0.2, 0.25) is 0 Å². The van der Waals surface area contributed by atoms with E-state index < -0.39 is 0 Å². The Labute approximate surface area is 291 Å². The zero-order valence-corrected chi connectivity index (χ0v) is 27.7. The van der Waals surface area contributed by atoms with Gasteiger partial charge in [0.1, 0.15) is 6.17 Å². The molecule has 7 heteroatoms. The number of nitrogens with one attached hydrogen (secondary N) is 6. The van der Waals surface area contributed by atoms with Gasteiger partial charge in [-0.1, -0.05) is 78.9 Å². The van der Waals surface area contributed by atoms with E-state index in [1.54, 1.807) is 0 Å². The molecule has 7 nitrogen and oxygen atoms in total. The van der Waals surface area contributed by atoms with E-state index >= 15 is 0 Å². The number of benzene rings is 4. The number of nitrogens with zero attached hydrogens (tertiary/aromatic N) is 1. The minimum Gasteiger partial charge on any atom is -0.382 e. The van der Waals surface area contributed by atoms with E-state index in [0.717, 1.165) is 25.1 Å². The summed E-state index contributed by atoms with van der Waals surface area (Å²) in [6, 6.07) is 31.5. The fraction of sp³-hybridized carbons (Fsp3) is 0.163. The number of dihydropyridines is 2. The van der Waals surface area contributed by atoms with Crippen LogP contribution in [-0.4, -0.2) is 34.5 Å². The SMILES string of the molecule is C1=CCNC(C2NC(c3cccc(-n4c5c(c6cc(-c7ccc8[nH]c9ccccc9c8c7)ccc64)C=CCC5)c3)NC(C3C=CC=CN3)N2)=C1. The van der Waals surface area contributed by atoms with Crippen molar-refractivity contribution >= 4 is 38.8 Å². The van der Waals surface area contributed by atoms with Crippen molar-refractivity contribution < 1.29 is 0 Å². The summed E-state index contributed by atoms with van der Waals surface area (Å²) in [5.41, 5.74) is 12.3. The molecule has 2 aromatic heterocycles. The molecule has 4 aromatic carbocycles. The Balaban J connectivity index is 1.04. The van der Waals surface area contributed by atoms with E-state index in [0.29, 0.717) is 0 Å². The van der Waals surface area contributed by atoms with Gasteiger partial charge in [0.15, 0.2) is 0 Å². The highest BCUT2D eigenvalue weighted by Crippen LogP contribution is 2.38. The number of aromatic nitrogens is 2. The van der Waals surface area contributed by atoms with Crippen LogP contribution >= 0.6 is 0 Å². The maximum atomic E-state index is 3.86. The number of fused-ring (bicyclic) bond motifs is 6. The van der Waals surface area contributed by atoms with E-state index in [1.165, 1.54) is 66.3 Å². The molecule has 0 bridgehead atoms. The van der Waals surface area contributed by atoms with Crippen molar-refractivity contribution in [3.05, 3.63) is 156 Å². The molecule has 0 spiro atoms. The summed E-state index contributed by atoms with van der Waals surface area (Å²) in [6.07, 6.45) is 21.4. The van der Waals surface area contributed by atoms with E-state index in [4.69, 9.17) is 0 Å². The molecule has 4 atom stereocenters. The van der Waals surface area contributed by atoms with E-state index in [9.17, 15) is 0 Å². The Hall–Kier alpha value is -5.60. The summed E-state index contributed by atoms with van der Waals surface area (Å²) >= 11 is 0. The summed E-state index contributed by atoms with van der Waals surface area (Å²) < 4.78 is 2.49. The fourth-order valence-electron chi connectivity index (χ4n) is 8.16. The van der Waals surface area contributed by atoms with E-state index in [1.807, 2.05) is 12.3 Å². The van der Waals surface area contributed by atoms with Crippen molar-refractivity contribution in [1.29, 1.82) is 0 Å². The lowest BCUT2D eigenvalue weighted by molar-refractivity contribution is 0.197. The van der Waals surface area contributed by atoms with Gasteiger partial charge in [-0.2, -0.15) is 0 Å². The number of allylic oxidation sites excluding steroid dienone is 5. The van der Waals surface area contributed by atoms with Gasteiger partial charge in [-0.05, 0) is 90.3 Å². The van der Waals surface area contributed by atoms with Gasteiger partial charge in [-0.3, -0.25) is 16.0 Å². The van der Waals surface area contributed by atoms with Gasteiger partial charge < -0.3 is 20.2 Å². The highest BCUT2D eigenvalue weighted by molar-refractivity contribution is 6.08. The second kappa shape index (κ2) is 12.1. The minimum absolute atomic E-state index is 0.0110. The van der Waals surface area contributed by atoms with Gasteiger partial charge in [-0.25, -0.2) is 0 Å². The molecule has 6 N–H and O–H groups in total. The molecule has 1 aliphatic carbocycles. The molecule has 10 rings (SSSR count). The summed E-state index contributed by atoms with van der Waals surface area (Å²) in [5.74, 6) is 0. The van der Waals surface area contributed by atoms with E-state index in [-0.39, 0.29) is 24.5 Å². The Morgan fingerprint density at radius 2 is 1.58 bits per heavy atom. The largest absolute Gasteiger partial charge is 0.382 e. The Morgan fingerprint density at radius 3 is 2.48 bits per heavy atom. The maximum Gasteiger partial charge on any atom is 0.101 e. The first-order chi connectivity index (χ1) is 24.8. The van der Waals surface area contributed by atoms with Crippen LogP contribution in [0, 0.1) is 0 Å². The van der Waals surface area contributed by atoms with Gasteiger partial charge in [0.25, 0.3) is 0 Å². The van der Waals surface area contributed by atoms with Crippen LogP contribution in [-0.2, 0) is 6.42 Å². The van der Waals surface area contributed by atoms with Crippen LogP contribution in [0.2, 0.25) is 0 Å². The first kappa shape index (κ1) is 29.3. The molecule has 0 radical (unpaired) electrons. The number of aromatic amines is 1. The molecular weight excluding hydrogens is 615 g/mol. The topological polar surface area (TPSA) is 80.9 Å². The van der Waals surface area contributed by atoms with Crippen molar-refractivity contribution in [2.24, 2.45) is 0 Å². The molecule has 5 heterocycles. The number of hydrogen-bond donors (Lipinski definition) is 6. The van der Waals surface area contributed by atoms with Crippen molar-refractivity contribution in [2.75, 3.05) is 6.54 Å². The molecular formula is C43H39N7. The summed E-state index contributed by atoms with van der Waals surface area (Å²) in [7, 11) is 0. The number of H-pyrrole nitrogens is 1. The molecule has 0 saturated carbocycles. The zero-order chi connectivity index (χ0) is 33.0. The Morgan fingerprint density at radius 1 is 0.700 bits per heavy atom. The van der Waals surface area contributed by atoms with Crippen LogP contribution in [0.5, 0.6) is 0 Å². The molecule has 6 aromatic rings. The monoisotopic (exact) mass is 653 g/mol. The predicted molar refractivity (Wildman–Crippen MR) is 206 cm³/mol. The van der Waals surface area contributed by atoms with Crippen LogP contribution in [0.1, 0.15) is 29.4 Å². The minimum atomic E-state index is -0.0653. The Kier molecular flexibility index (Phi) is 7.08. The fourth-order valence-corrected chi connectivity index (χ4v) is 8.16. The molecule has 3 aliphatic heterocycles. The van der Waals surface area contributed by atoms with Crippen molar-refractivity contribution in [3.63, 3.8) is 0 Å². The number of para-hydroxylation sites is 1. The van der Waals surface area contributed by atoms with Crippen LogP contribution in [0.15, 0.2) is 139 Å². The average molecular weight is 654 g/mol. The van der Waals surface area contributed by atoms with Crippen molar-refractivity contribution in [1.82, 2.24) is 36.1 Å². The molecule has 246 valence electrons. The van der Waals surface area contributed by atoms with Crippen LogP contribution < -0.4 is 26.6 Å². The highest BCUT2D eigenvalue weighted by Gasteiger charge is 2.33. The molecule has 1 saturated heterocycles. The lowest BCUT2D eigenvalue weighted by Crippen LogP contribution is -2.69. The molecule has 0 amide bonds. The summed E-state index contributed by atoms with van der Waals surface area (Å²) in [5, 5.41) is 22.4. The molecule has 50 heavy (non-hydrogen) atoms. The second-order valence-electron chi connectivity index (χ2n) is 13.6. The number of rotatable bonds is 5. The lowest BCUT2D eigenvalue weighted by atomic mass is 9.98. The van der Waals surface area contributed by atoms with Gasteiger partial charge in [0, 0.05) is 56.4 Å². The van der Waals surface area contributed by atoms with Crippen molar-refractivity contribution in [3.8, 4) is 16.8 Å². The first-order valence-corrected chi connectivity index (χ1v) is 17.7. The Bertz CT molecular complexity index is 2440. The average Bonchev–Trinajstić information content (AvgIpc) is 3.73. The molecule has 4 unspecified atom stereocenters. The highest BCUT2D eigenvalue weighted by atomic mass is 15.4. The quantitative estimate of drug-likeness (QED) is 0.117.